The number of hydrogen-bond donors (Lipinski definition) is 3. The van der Waals surface area contributed by atoms with Gasteiger partial charge in [-0.25, -0.2) is 0 Å². The lowest BCUT2D eigenvalue weighted by Crippen LogP contribution is -2.59. The Balaban J connectivity index is 2.13. The molecule has 1 aliphatic heterocycles. The third kappa shape index (κ3) is 4.70. The molecule has 0 bridgehead atoms. The SMILES string of the molecule is C=CCNC(=O)C1N(C(=O)[C@@H](O)[CH]Cc2ccccc2)CS[C@@]1(C)C(N)=O. The highest BCUT2D eigenvalue weighted by molar-refractivity contribution is 8.01. The van der Waals surface area contributed by atoms with Crippen molar-refractivity contribution in [2.45, 2.75) is 30.2 Å². The Bertz CT molecular complexity index is 712. The van der Waals surface area contributed by atoms with E-state index in [1.54, 1.807) is 0 Å². The number of aliphatic hydroxyl groups excluding tert-OH is 1. The van der Waals surface area contributed by atoms with Crippen molar-refractivity contribution in [3.05, 3.63) is 55.0 Å². The highest BCUT2D eigenvalue weighted by Gasteiger charge is 2.55. The number of aliphatic hydroxyl groups is 1. The summed E-state index contributed by atoms with van der Waals surface area (Å²) in [6.45, 7) is 5.26. The average Bonchev–Trinajstić information content (AvgIpc) is 3.03. The van der Waals surface area contributed by atoms with Gasteiger partial charge in [0.1, 0.15) is 16.9 Å². The van der Waals surface area contributed by atoms with E-state index in [0.29, 0.717) is 6.42 Å². The van der Waals surface area contributed by atoms with Crippen molar-refractivity contribution in [2.75, 3.05) is 12.4 Å². The summed E-state index contributed by atoms with van der Waals surface area (Å²) >= 11 is 1.11. The van der Waals surface area contributed by atoms with Crippen LogP contribution in [0.5, 0.6) is 0 Å². The summed E-state index contributed by atoms with van der Waals surface area (Å²) < 4.78 is -1.28. The maximum absolute atomic E-state index is 12.7. The van der Waals surface area contributed by atoms with Crippen molar-refractivity contribution in [3.8, 4) is 0 Å². The molecule has 1 fully saturated rings. The first kappa shape index (κ1) is 21.0. The maximum Gasteiger partial charge on any atom is 0.253 e. The summed E-state index contributed by atoms with van der Waals surface area (Å²) in [5, 5.41) is 12.9. The van der Waals surface area contributed by atoms with Crippen molar-refractivity contribution >= 4 is 29.5 Å². The molecule has 1 saturated heterocycles. The van der Waals surface area contributed by atoms with E-state index in [-0.39, 0.29) is 12.4 Å². The van der Waals surface area contributed by atoms with Crippen LogP contribution in [0.25, 0.3) is 0 Å². The van der Waals surface area contributed by atoms with Gasteiger partial charge in [-0.1, -0.05) is 36.4 Å². The molecule has 27 heavy (non-hydrogen) atoms. The topological polar surface area (TPSA) is 113 Å². The fourth-order valence-electron chi connectivity index (χ4n) is 2.84. The van der Waals surface area contributed by atoms with Crippen molar-refractivity contribution in [3.63, 3.8) is 0 Å². The molecule has 145 valence electrons. The van der Waals surface area contributed by atoms with Gasteiger partial charge in [-0.15, -0.1) is 18.3 Å². The molecule has 0 aliphatic carbocycles. The molecule has 3 atom stereocenters. The lowest BCUT2D eigenvalue weighted by atomic mass is 9.97. The van der Waals surface area contributed by atoms with Crippen molar-refractivity contribution in [1.82, 2.24) is 10.2 Å². The number of hydrogen-bond acceptors (Lipinski definition) is 5. The predicted octanol–water partition coefficient (Wildman–Crippen LogP) is 0.242. The van der Waals surface area contributed by atoms with E-state index in [9.17, 15) is 19.5 Å². The Morgan fingerprint density at radius 3 is 2.70 bits per heavy atom. The van der Waals surface area contributed by atoms with Gasteiger partial charge < -0.3 is 21.1 Å². The van der Waals surface area contributed by atoms with E-state index in [1.807, 2.05) is 30.3 Å². The van der Waals surface area contributed by atoms with Gasteiger partial charge in [0, 0.05) is 13.0 Å². The Labute approximate surface area is 163 Å². The van der Waals surface area contributed by atoms with Gasteiger partial charge in [0.05, 0.1) is 5.88 Å². The molecule has 4 N–H and O–H groups in total. The summed E-state index contributed by atoms with van der Waals surface area (Å²) in [7, 11) is 0. The van der Waals surface area contributed by atoms with Crippen LogP contribution >= 0.6 is 11.8 Å². The molecule has 1 radical (unpaired) electrons. The molecule has 1 unspecified atom stereocenters. The fraction of sp³-hybridized carbons (Fsp3) is 0.368. The number of thioether (sulfide) groups is 1. The molecule has 1 aromatic carbocycles. The Morgan fingerprint density at radius 1 is 1.44 bits per heavy atom. The van der Waals surface area contributed by atoms with Crippen LogP contribution in [0.15, 0.2) is 43.0 Å². The number of nitrogens with one attached hydrogen (secondary N) is 1. The molecule has 7 nitrogen and oxygen atoms in total. The van der Waals surface area contributed by atoms with E-state index in [2.05, 4.69) is 11.9 Å². The first-order chi connectivity index (χ1) is 12.8. The van der Waals surface area contributed by atoms with Gasteiger partial charge >= 0.3 is 0 Å². The lowest BCUT2D eigenvalue weighted by molar-refractivity contribution is -0.146. The highest BCUT2D eigenvalue weighted by Crippen LogP contribution is 2.40. The molecule has 0 saturated carbocycles. The summed E-state index contributed by atoms with van der Waals surface area (Å²) in [6, 6.07) is 8.28. The zero-order valence-corrected chi connectivity index (χ0v) is 15.9. The van der Waals surface area contributed by atoms with Crippen LogP contribution in [0.3, 0.4) is 0 Å². The Kier molecular flexibility index (Phi) is 7.04. The van der Waals surface area contributed by atoms with Crippen LogP contribution in [-0.4, -0.2) is 57.0 Å². The maximum atomic E-state index is 12.7. The number of carbonyl (C=O) groups excluding carboxylic acids is 3. The van der Waals surface area contributed by atoms with Crippen molar-refractivity contribution < 1.29 is 19.5 Å². The van der Waals surface area contributed by atoms with Crippen LogP contribution in [0.4, 0.5) is 0 Å². The molecule has 0 spiro atoms. The minimum atomic E-state index is -1.39. The summed E-state index contributed by atoms with van der Waals surface area (Å²) in [4.78, 5) is 38.5. The number of rotatable bonds is 8. The van der Waals surface area contributed by atoms with E-state index in [1.165, 1.54) is 24.3 Å². The highest BCUT2D eigenvalue weighted by atomic mass is 32.2. The van der Waals surface area contributed by atoms with Gasteiger partial charge in [0.25, 0.3) is 5.91 Å². The normalized spacial score (nSPS) is 22.9. The monoisotopic (exact) mass is 390 g/mol. The quantitative estimate of drug-likeness (QED) is 0.551. The summed E-state index contributed by atoms with van der Waals surface area (Å²) in [5.41, 5.74) is 6.44. The van der Waals surface area contributed by atoms with Crippen LogP contribution in [0.2, 0.25) is 0 Å². The minimum Gasteiger partial charge on any atom is -0.383 e. The largest absolute Gasteiger partial charge is 0.383 e. The smallest absolute Gasteiger partial charge is 0.253 e. The lowest BCUT2D eigenvalue weighted by Gasteiger charge is -2.31. The molecule has 3 amide bonds. The van der Waals surface area contributed by atoms with Crippen LogP contribution in [-0.2, 0) is 20.8 Å². The van der Waals surface area contributed by atoms with Gasteiger partial charge in [0.2, 0.25) is 11.8 Å². The molecule has 8 heteroatoms. The van der Waals surface area contributed by atoms with Gasteiger partial charge in [-0.2, -0.15) is 0 Å². The number of nitrogens with two attached hydrogens (primary N) is 1. The molecular formula is C19H24N3O4S. The van der Waals surface area contributed by atoms with E-state index in [4.69, 9.17) is 5.73 Å². The number of benzene rings is 1. The van der Waals surface area contributed by atoms with Crippen molar-refractivity contribution in [1.29, 1.82) is 0 Å². The summed E-state index contributed by atoms with van der Waals surface area (Å²) in [5.74, 6) is -1.75. The third-order valence-corrected chi connectivity index (χ3v) is 5.88. The third-order valence-electron chi connectivity index (χ3n) is 4.45. The molecule has 0 aromatic heterocycles. The second-order valence-electron chi connectivity index (χ2n) is 6.36. The second kappa shape index (κ2) is 9.05. The van der Waals surface area contributed by atoms with Crippen molar-refractivity contribution in [2.24, 2.45) is 5.73 Å². The van der Waals surface area contributed by atoms with Gasteiger partial charge in [0.15, 0.2) is 0 Å². The zero-order valence-electron chi connectivity index (χ0n) is 15.1. The molecule has 2 rings (SSSR count). The second-order valence-corrected chi connectivity index (χ2v) is 7.75. The first-order valence-electron chi connectivity index (χ1n) is 8.49. The zero-order chi connectivity index (χ0) is 20.0. The van der Waals surface area contributed by atoms with Crippen LogP contribution < -0.4 is 11.1 Å². The number of carbonyl (C=O) groups is 3. The molecule has 1 aliphatic rings. The minimum absolute atomic E-state index is 0.0840. The number of nitrogens with zero attached hydrogens (tertiary/aromatic N) is 1. The Morgan fingerprint density at radius 2 is 2.11 bits per heavy atom. The average molecular weight is 390 g/mol. The molecule has 1 heterocycles. The van der Waals surface area contributed by atoms with Gasteiger partial charge in [-0.3, -0.25) is 14.4 Å². The predicted molar refractivity (Wildman–Crippen MR) is 104 cm³/mol. The summed E-state index contributed by atoms with van der Waals surface area (Å²) in [6.07, 6.45) is 1.97. The molecule has 1 aromatic rings. The number of primary amides is 1. The van der Waals surface area contributed by atoms with Gasteiger partial charge in [-0.05, 0) is 18.9 Å². The van der Waals surface area contributed by atoms with E-state index < -0.39 is 34.6 Å². The fourth-order valence-corrected chi connectivity index (χ4v) is 4.06. The Hall–Kier alpha value is -2.32. The van der Waals surface area contributed by atoms with E-state index in [0.717, 1.165) is 17.3 Å². The van der Waals surface area contributed by atoms with Crippen LogP contribution in [0, 0.1) is 6.42 Å². The van der Waals surface area contributed by atoms with E-state index >= 15 is 0 Å². The molecular weight excluding hydrogens is 366 g/mol. The first-order valence-corrected chi connectivity index (χ1v) is 9.48. The number of amides is 3. The van der Waals surface area contributed by atoms with Crippen LogP contribution in [0.1, 0.15) is 12.5 Å². The standard InChI is InChI=1S/C19H24N3O4S/c1-3-11-21-16(24)15-19(2,18(20)26)27-12-22(15)17(25)14(23)10-9-13-7-5-4-6-8-13/h3-8,10,14-15,23H,1,9,11-12H2,2H3,(H2,20,26)(H,21,24)/t14-,15?,19+/m0/s1.